The molecule has 6 heteroatoms. The lowest BCUT2D eigenvalue weighted by molar-refractivity contribution is 0.0952. The second-order valence-electron chi connectivity index (χ2n) is 4.96. The number of hydrogen-bond acceptors (Lipinski definition) is 4. The van der Waals surface area contributed by atoms with Crippen LogP contribution in [0.1, 0.15) is 21.3 Å². The molecule has 1 aromatic carbocycles. The summed E-state index contributed by atoms with van der Waals surface area (Å²) in [5.41, 5.74) is 0.987. The first-order valence-corrected chi connectivity index (χ1v) is 7.94. The minimum atomic E-state index is -0.334. The molecule has 1 unspecified atom stereocenters. The lowest BCUT2D eigenvalue weighted by Crippen LogP contribution is -2.35. The van der Waals surface area contributed by atoms with Gasteiger partial charge in [-0.3, -0.25) is 4.79 Å². The number of rotatable bonds is 5. The van der Waals surface area contributed by atoms with Gasteiger partial charge in [0, 0.05) is 13.1 Å². The summed E-state index contributed by atoms with van der Waals surface area (Å²) in [5.74, 6) is -0.109. The van der Waals surface area contributed by atoms with Gasteiger partial charge in [-0.2, -0.15) is 0 Å². The summed E-state index contributed by atoms with van der Waals surface area (Å²) in [5, 5.41) is 4.67. The van der Waals surface area contributed by atoms with E-state index in [0.29, 0.717) is 24.5 Å². The average Bonchev–Trinajstić information content (AvgIpc) is 3.18. The third-order valence-corrected chi connectivity index (χ3v) is 4.34. The highest BCUT2D eigenvalue weighted by Gasteiger charge is 2.31. The van der Waals surface area contributed by atoms with Crippen LogP contribution in [0.5, 0.6) is 0 Å². The van der Waals surface area contributed by atoms with Crippen LogP contribution >= 0.6 is 11.3 Å². The SMILES string of the molecule is O=C(NCCN1CC(c2ccccc2)OC1=O)c1cccs1. The minimum absolute atomic E-state index is 0.109. The summed E-state index contributed by atoms with van der Waals surface area (Å²) in [6.07, 6.45) is -0.569. The fraction of sp³-hybridized carbons (Fsp3) is 0.250. The molecule has 0 spiro atoms. The van der Waals surface area contributed by atoms with Crippen molar-refractivity contribution in [2.75, 3.05) is 19.6 Å². The Morgan fingerprint density at radius 3 is 2.82 bits per heavy atom. The Kier molecular flexibility index (Phi) is 4.39. The highest BCUT2D eigenvalue weighted by atomic mass is 32.1. The van der Waals surface area contributed by atoms with E-state index in [-0.39, 0.29) is 18.1 Å². The highest BCUT2D eigenvalue weighted by molar-refractivity contribution is 7.12. The molecule has 2 amide bonds. The van der Waals surface area contributed by atoms with Crippen molar-refractivity contribution in [2.24, 2.45) is 0 Å². The number of cyclic esters (lactones) is 1. The van der Waals surface area contributed by atoms with E-state index in [1.54, 1.807) is 11.0 Å². The molecule has 5 nitrogen and oxygen atoms in total. The number of amides is 2. The van der Waals surface area contributed by atoms with E-state index in [1.165, 1.54) is 11.3 Å². The molecule has 1 aliphatic rings. The molecule has 22 heavy (non-hydrogen) atoms. The molecule has 1 N–H and O–H groups in total. The van der Waals surface area contributed by atoms with Crippen molar-refractivity contribution in [3.8, 4) is 0 Å². The van der Waals surface area contributed by atoms with Crippen LogP contribution < -0.4 is 5.32 Å². The molecule has 1 fully saturated rings. The van der Waals surface area contributed by atoms with Crippen LogP contribution in [-0.2, 0) is 4.74 Å². The third kappa shape index (κ3) is 3.28. The Labute approximate surface area is 132 Å². The number of nitrogens with zero attached hydrogens (tertiary/aromatic N) is 1. The maximum atomic E-state index is 11.9. The van der Waals surface area contributed by atoms with Crippen LogP contribution in [0.3, 0.4) is 0 Å². The van der Waals surface area contributed by atoms with Gasteiger partial charge in [0.05, 0.1) is 11.4 Å². The molecule has 2 heterocycles. The molecular weight excluding hydrogens is 300 g/mol. The quantitative estimate of drug-likeness (QED) is 0.922. The van der Waals surface area contributed by atoms with Crippen LogP contribution in [-0.4, -0.2) is 36.5 Å². The second-order valence-corrected chi connectivity index (χ2v) is 5.91. The molecular formula is C16H16N2O3S. The number of benzene rings is 1. The predicted molar refractivity (Wildman–Crippen MR) is 83.9 cm³/mol. The maximum Gasteiger partial charge on any atom is 0.410 e. The Balaban J connectivity index is 1.49. The molecule has 2 aromatic rings. The summed E-state index contributed by atoms with van der Waals surface area (Å²) < 4.78 is 5.37. The Bertz CT molecular complexity index is 643. The normalized spacial score (nSPS) is 17.4. The van der Waals surface area contributed by atoms with Crippen LogP contribution in [0, 0.1) is 0 Å². The molecule has 114 valence electrons. The van der Waals surface area contributed by atoms with Crippen molar-refractivity contribution < 1.29 is 14.3 Å². The second kappa shape index (κ2) is 6.62. The topological polar surface area (TPSA) is 58.6 Å². The van der Waals surface area contributed by atoms with E-state index in [9.17, 15) is 9.59 Å². The summed E-state index contributed by atoms with van der Waals surface area (Å²) >= 11 is 1.39. The summed E-state index contributed by atoms with van der Waals surface area (Å²) in [6, 6.07) is 13.3. The predicted octanol–water partition coefficient (Wildman–Crippen LogP) is 2.67. The Morgan fingerprint density at radius 1 is 1.27 bits per heavy atom. The van der Waals surface area contributed by atoms with Crippen LogP contribution in [0.4, 0.5) is 4.79 Å². The fourth-order valence-electron chi connectivity index (χ4n) is 2.33. The van der Waals surface area contributed by atoms with Gasteiger partial charge in [-0.05, 0) is 17.0 Å². The zero-order valence-corrected chi connectivity index (χ0v) is 12.7. The highest BCUT2D eigenvalue weighted by Crippen LogP contribution is 2.25. The average molecular weight is 316 g/mol. The van der Waals surface area contributed by atoms with E-state index >= 15 is 0 Å². The van der Waals surface area contributed by atoms with Gasteiger partial charge in [0.1, 0.15) is 6.10 Å². The van der Waals surface area contributed by atoms with Crippen molar-refractivity contribution in [3.05, 3.63) is 58.3 Å². The Hall–Kier alpha value is -2.34. The number of nitrogens with one attached hydrogen (secondary N) is 1. The standard InChI is InChI=1S/C16H16N2O3S/c19-15(14-7-4-10-22-14)17-8-9-18-11-13(21-16(18)20)12-5-2-1-3-6-12/h1-7,10,13H,8-9,11H2,(H,17,19). The van der Waals surface area contributed by atoms with Gasteiger partial charge in [0.15, 0.2) is 0 Å². The first kappa shape index (κ1) is 14.6. The summed E-state index contributed by atoms with van der Waals surface area (Å²) in [4.78, 5) is 26.0. The van der Waals surface area contributed by atoms with Gasteiger partial charge in [-0.15, -0.1) is 11.3 Å². The van der Waals surface area contributed by atoms with Crippen LogP contribution in [0.25, 0.3) is 0 Å². The number of hydrogen-bond donors (Lipinski definition) is 1. The molecule has 1 saturated heterocycles. The molecule has 0 aliphatic carbocycles. The van der Waals surface area contributed by atoms with Crippen molar-refractivity contribution in [1.82, 2.24) is 10.2 Å². The fourth-order valence-corrected chi connectivity index (χ4v) is 2.97. The molecule has 0 bridgehead atoms. The molecule has 0 radical (unpaired) electrons. The third-order valence-electron chi connectivity index (χ3n) is 3.47. The first-order chi connectivity index (χ1) is 10.7. The minimum Gasteiger partial charge on any atom is -0.439 e. The maximum absolute atomic E-state index is 11.9. The molecule has 1 atom stereocenters. The smallest absolute Gasteiger partial charge is 0.410 e. The Morgan fingerprint density at radius 2 is 2.09 bits per heavy atom. The van der Waals surface area contributed by atoms with Crippen molar-refractivity contribution >= 4 is 23.3 Å². The molecule has 3 rings (SSSR count). The van der Waals surface area contributed by atoms with Gasteiger partial charge in [-0.1, -0.05) is 36.4 Å². The number of thiophene rings is 1. The zero-order chi connectivity index (χ0) is 15.4. The molecule has 0 saturated carbocycles. The lowest BCUT2D eigenvalue weighted by atomic mass is 10.1. The van der Waals surface area contributed by atoms with Gasteiger partial charge in [0.25, 0.3) is 5.91 Å². The monoisotopic (exact) mass is 316 g/mol. The number of carbonyl (C=O) groups excluding carboxylic acids is 2. The van der Waals surface area contributed by atoms with Crippen molar-refractivity contribution in [3.63, 3.8) is 0 Å². The van der Waals surface area contributed by atoms with Crippen LogP contribution in [0.2, 0.25) is 0 Å². The van der Waals surface area contributed by atoms with Gasteiger partial charge >= 0.3 is 6.09 Å². The molecule has 1 aliphatic heterocycles. The van der Waals surface area contributed by atoms with Crippen LogP contribution in [0.15, 0.2) is 47.8 Å². The van der Waals surface area contributed by atoms with Crippen molar-refractivity contribution in [1.29, 1.82) is 0 Å². The summed E-state index contributed by atoms with van der Waals surface area (Å²) in [7, 11) is 0. The van der Waals surface area contributed by atoms with E-state index < -0.39 is 0 Å². The van der Waals surface area contributed by atoms with Gasteiger partial charge < -0.3 is 15.0 Å². The van der Waals surface area contributed by atoms with E-state index in [2.05, 4.69) is 5.32 Å². The molecule has 1 aromatic heterocycles. The number of ether oxygens (including phenoxy) is 1. The van der Waals surface area contributed by atoms with E-state index in [4.69, 9.17) is 4.74 Å². The lowest BCUT2D eigenvalue weighted by Gasteiger charge is -2.13. The number of carbonyl (C=O) groups is 2. The van der Waals surface area contributed by atoms with E-state index in [0.717, 1.165) is 5.56 Å². The van der Waals surface area contributed by atoms with Crippen molar-refractivity contribution in [2.45, 2.75) is 6.10 Å². The largest absolute Gasteiger partial charge is 0.439 e. The zero-order valence-electron chi connectivity index (χ0n) is 11.9. The summed E-state index contributed by atoms with van der Waals surface area (Å²) in [6.45, 7) is 1.37. The van der Waals surface area contributed by atoms with E-state index in [1.807, 2.05) is 41.8 Å². The van der Waals surface area contributed by atoms with Gasteiger partial charge in [-0.25, -0.2) is 4.79 Å². The first-order valence-electron chi connectivity index (χ1n) is 7.06. The van der Waals surface area contributed by atoms with Gasteiger partial charge in [0.2, 0.25) is 0 Å².